The van der Waals surface area contributed by atoms with Gasteiger partial charge in [0.25, 0.3) is 5.91 Å². The van der Waals surface area contributed by atoms with E-state index in [0.29, 0.717) is 50.6 Å². The third-order valence-corrected chi connectivity index (χ3v) is 9.38. The van der Waals surface area contributed by atoms with Crippen molar-refractivity contribution < 1.29 is 19.1 Å². The van der Waals surface area contributed by atoms with Gasteiger partial charge in [-0.3, -0.25) is 14.5 Å². The maximum atomic E-state index is 13.8. The molecule has 3 fully saturated rings. The number of aromatic nitrogens is 1. The Kier molecular flexibility index (Phi) is 9.21. The molecule has 3 saturated heterocycles. The van der Waals surface area contributed by atoms with E-state index >= 15 is 0 Å². The Morgan fingerprint density at radius 2 is 1.18 bits per heavy atom. The Morgan fingerprint density at radius 3 is 1.70 bits per heavy atom. The molecule has 1 aromatic heterocycles. The standard InChI is InChI=1S/C35H41N5O4/c1-44-35(43)40-16-12-28(13-17-40)33(41)38-18-14-30(15-19-38)37-20-22-39(23-21-37)34(42)29-24-31(26-8-4-2-5-9-26)36-32(25-29)27-10-6-3-7-11-27/h2-11,24-25,28,30H,12-23H2,1H3. The van der Waals surface area contributed by atoms with E-state index in [1.807, 2.05) is 82.6 Å². The van der Waals surface area contributed by atoms with Crippen molar-refractivity contribution in [1.82, 2.24) is 24.6 Å². The van der Waals surface area contributed by atoms with E-state index < -0.39 is 0 Å². The highest BCUT2D eigenvalue weighted by atomic mass is 16.5. The topological polar surface area (TPSA) is 86.3 Å². The fourth-order valence-corrected chi connectivity index (χ4v) is 6.79. The van der Waals surface area contributed by atoms with Gasteiger partial charge in [-0.1, -0.05) is 60.7 Å². The Morgan fingerprint density at radius 1 is 0.659 bits per heavy atom. The number of ether oxygens (including phenoxy) is 1. The first-order valence-corrected chi connectivity index (χ1v) is 15.8. The number of rotatable bonds is 5. The molecule has 44 heavy (non-hydrogen) atoms. The molecule has 0 bridgehead atoms. The molecule has 3 aliphatic rings. The summed E-state index contributed by atoms with van der Waals surface area (Å²) in [5, 5.41) is 0. The van der Waals surface area contributed by atoms with E-state index in [2.05, 4.69) is 4.90 Å². The third-order valence-electron chi connectivity index (χ3n) is 9.38. The molecule has 3 aliphatic heterocycles. The van der Waals surface area contributed by atoms with E-state index in [4.69, 9.17) is 9.72 Å². The van der Waals surface area contributed by atoms with E-state index in [9.17, 15) is 14.4 Å². The largest absolute Gasteiger partial charge is 0.453 e. The van der Waals surface area contributed by atoms with Gasteiger partial charge < -0.3 is 19.4 Å². The Hall–Kier alpha value is -4.24. The lowest BCUT2D eigenvalue weighted by atomic mass is 9.93. The molecule has 9 nitrogen and oxygen atoms in total. The molecule has 0 saturated carbocycles. The molecule has 0 aliphatic carbocycles. The average Bonchev–Trinajstić information content (AvgIpc) is 3.11. The molecular formula is C35H41N5O4. The second-order valence-corrected chi connectivity index (χ2v) is 12.0. The molecule has 0 N–H and O–H groups in total. The summed E-state index contributed by atoms with van der Waals surface area (Å²) in [6.07, 6.45) is 2.98. The minimum Gasteiger partial charge on any atom is -0.453 e. The highest BCUT2D eigenvalue weighted by Crippen LogP contribution is 2.27. The quantitative estimate of drug-likeness (QED) is 0.427. The molecule has 230 valence electrons. The molecule has 9 heteroatoms. The van der Waals surface area contributed by atoms with Crippen molar-refractivity contribution in [1.29, 1.82) is 0 Å². The van der Waals surface area contributed by atoms with E-state index in [-0.39, 0.29) is 23.8 Å². The van der Waals surface area contributed by atoms with Crippen molar-refractivity contribution in [3.8, 4) is 22.5 Å². The molecule has 4 heterocycles. The van der Waals surface area contributed by atoms with Gasteiger partial charge in [-0.05, 0) is 37.8 Å². The Balaban J connectivity index is 1.04. The molecule has 3 amide bonds. The highest BCUT2D eigenvalue weighted by molar-refractivity contribution is 5.96. The molecule has 0 radical (unpaired) electrons. The second-order valence-electron chi connectivity index (χ2n) is 12.0. The van der Waals surface area contributed by atoms with Crippen LogP contribution in [0.3, 0.4) is 0 Å². The van der Waals surface area contributed by atoms with Gasteiger partial charge in [-0.25, -0.2) is 9.78 Å². The van der Waals surface area contributed by atoms with Crippen LogP contribution in [0.5, 0.6) is 0 Å². The van der Waals surface area contributed by atoms with E-state index in [1.54, 1.807) is 4.90 Å². The first kappa shape index (κ1) is 29.8. The number of hydrogen-bond donors (Lipinski definition) is 0. The zero-order chi connectivity index (χ0) is 30.5. The van der Waals surface area contributed by atoms with Gasteiger partial charge in [0.2, 0.25) is 5.91 Å². The van der Waals surface area contributed by atoms with Gasteiger partial charge in [0.05, 0.1) is 18.5 Å². The number of benzene rings is 2. The number of nitrogens with zero attached hydrogens (tertiary/aromatic N) is 5. The Bertz CT molecular complexity index is 1380. The number of likely N-dealkylation sites (tertiary alicyclic amines) is 2. The summed E-state index contributed by atoms with van der Waals surface area (Å²) < 4.78 is 4.82. The minimum absolute atomic E-state index is 0.0139. The van der Waals surface area contributed by atoms with Crippen molar-refractivity contribution >= 4 is 17.9 Å². The number of carbonyl (C=O) groups is 3. The lowest BCUT2D eigenvalue weighted by molar-refractivity contribution is -0.138. The minimum atomic E-state index is -0.312. The first-order valence-electron chi connectivity index (χ1n) is 15.8. The van der Waals surface area contributed by atoms with Crippen LogP contribution in [0.2, 0.25) is 0 Å². The average molecular weight is 596 g/mol. The number of piperidine rings is 2. The third kappa shape index (κ3) is 6.63. The summed E-state index contributed by atoms with van der Waals surface area (Å²) in [6.45, 7) is 5.70. The summed E-state index contributed by atoms with van der Waals surface area (Å²) in [5.41, 5.74) is 4.23. The van der Waals surface area contributed by atoms with Gasteiger partial charge in [-0.2, -0.15) is 0 Å². The first-order chi connectivity index (χ1) is 21.5. The van der Waals surface area contributed by atoms with Gasteiger partial charge in [-0.15, -0.1) is 0 Å². The summed E-state index contributed by atoms with van der Waals surface area (Å²) in [7, 11) is 1.39. The maximum absolute atomic E-state index is 13.8. The number of pyridine rings is 1. The Labute approximate surface area is 259 Å². The van der Waals surface area contributed by atoms with E-state index in [1.165, 1.54) is 7.11 Å². The van der Waals surface area contributed by atoms with Crippen LogP contribution in [0, 0.1) is 5.92 Å². The lowest BCUT2D eigenvalue weighted by Gasteiger charge is -2.43. The van der Waals surface area contributed by atoms with Crippen LogP contribution in [0.25, 0.3) is 22.5 Å². The normalized spacial score (nSPS) is 18.7. The number of hydrogen-bond acceptors (Lipinski definition) is 6. The SMILES string of the molecule is COC(=O)N1CCC(C(=O)N2CCC(N3CCN(C(=O)c4cc(-c5ccccc5)nc(-c5ccccc5)c4)CC3)CC2)CC1. The summed E-state index contributed by atoms with van der Waals surface area (Å²) in [4.78, 5) is 51.8. The zero-order valence-corrected chi connectivity index (χ0v) is 25.4. The molecular weight excluding hydrogens is 554 g/mol. The summed E-state index contributed by atoms with van der Waals surface area (Å²) >= 11 is 0. The molecule has 2 aromatic carbocycles. The fraction of sp³-hybridized carbons (Fsp3) is 0.429. The predicted octanol–water partition coefficient (Wildman–Crippen LogP) is 4.64. The lowest BCUT2D eigenvalue weighted by Crippen LogP contribution is -2.55. The maximum Gasteiger partial charge on any atom is 0.409 e. The molecule has 3 aromatic rings. The van der Waals surface area contributed by atoms with Gasteiger partial charge in [0, 0.05) is 81.0 Å². The predicted molar refractivity (Wildman–Crippen MR) is 169 cm³/mol. The van der Waals surface area contributed by atoms with Crippen LogP contribution in [0.15, 0.2) is 72.8 Å². The van der Waals surface area contributed by atoms with E-state index in [0.717, 1.165) is 61.5 Å². The molecule has 6 rings (SSSR count). The van der Waals surface area contributed by atoms with Gasteiger partial charge in [0.15, 0.2) is 0 Å². The monoisotopic (exact) mass is 595 g/mol. The second kappa shape index (κ2) is 13.6. The highest BCUT2D eigenvalue weighted by Gasteiger charge is 2.34. The summed E-state index contributed by atoms with van der Waals surface area (Å²) in [5.74, 6) is 0.255. The molecule has 0 spiro atoms. The number of carbonyl (C=O) groups excluding carboxylic acids is 3. The zero-order valence-electron chi connectivity index (χ0n) is 25.4. The molecule has 0 unspecified atom stereocenters. The van der Waals surface area contributed by atoms with Crippen molar-refractivity contribution in [2.75, 3.05) is 59.5 Å². The van der Waals surface area contributed by atoms with Crippen LogP contribution in [0.4, 0.5) is 4.79 Å². The fourth-order valence-electron chi connectivity index (χ4n) is 6.79. The van der Waals surface area contributed by atoms with Crippen molar-refractivity contribution in [2.45, 2.75) is 31.7 Å². The number of amides is 3. The van der Waals surface area contributed by atoms with Crippen LogP contribution in [-0.2, 0) is 9.53 Å². The van der Waals surface area contributed by atoms with Crippen LogP contribution in [-0.4, -0.2) is 108 Å². The smallest absolute Gasteiger partial charge is 0.409 e. The van der Waals surface area contributed by atoms with Gasteiger partial charge >= 0.3 is 6.09 Å². The van der Waals surface area contributed by atoms with Gasteiger partial charge in [0.1, 0.15) is 0 Å². The van der Waals surface area contributed by atoms with Crippen LogP contribution >= 0.6 is 0 Å². The van der Waals surface area contributed by atoms with Crippen molar-refractivity contribution in [2.24, 2.45) is 5.92 Å². The number of methoxy groups -OCH3 is 1. The van der Waals surface area contributed by atoms with Crippen molar-refractivity contribution in [3.63, 3.8) is 0 Å². The van der Waals surface area contributed by atoms with Crippen molar-refractivity contribution in [3.05, 3.63) is 78.4 Å². The van der Waals surface area contributed by atoms with Crippen LogP contribution in [0.1, 0.15) is 36.0 Å². The van der Waals surface area contributed by atoms with Crippen LogP contribution < -0.4 is 0 Å². The number of piperazine rings is 1. The summed E-state index contributed by atoms with van der Waals surface area (Å²) in [6, 6.07) is 24.3. The molecule has 0 atom stereocenters.